The Hall–Kier alpha value is -2.48. The van der Waals surface area contributed by atoms with Crippen molar-refractivity contribution in [2.75, 3.05) is 19.3 Å². The van der Waals surface area contributed by atoms with E-state index in [1.165, 1.54) is 23.9 Å². The van der Waals surface area contributed by atoms with E-state index in [0.717, 1.165) is 5.82 Å². The van der Waals surface area contributed by atoms with Gasteiger partial charge in [-0.2, -0.15) is 0 Å². The van der Waals surface area contributed by atoms with Crippen molar-refractivity contribution in [3.63, 3.8) is 0 Å². The third-order valence-electron chi connectivity index (χ3n) is 5.23. The summed E-state index contributed by atoms with van der Waals surface area (Å²) in [6.45, 7) is 6.93. The van der Waals surface area contributed by atoms with Crippen LogP contribution in [0.4, 0.5) is 4.39 Å². The van der Waals surface area contributed by atoms with Gasteiger partial charge in [0.05, 0.1) is 16.8 Å². The monoisotopic (exact) mass is 430 g/mol. The normalized spacial score (nSPS) is 14.8. The van der Waals surface area contributed by atoms with E-state index in [1.807, 2.05) is 27.0 Å². The zero-order chi connectivity index (χ0) is 21.8. The van der Waals surface area contributed by atoms with E-state index < -0.39 is 11.7 Å². The lowest BCUT2D eigenvalue weighted by Crippen LogP contribution is -2.47. The lowest BCUT2D eigenvalue weighted by Gasteiger charge is -2.33. The number of hydrogen-bond acceptors (Lipinski definition) is 5. The Balaban J connectivity index is 1.66. The van der Waals surface area contributed by atoms with Crippen LogP contribution in [0.25, 0.3) is 0 Å². The third kappa shape index (κ3) is 4.80. The summed E-state index contributed by atoms with van der Waals surface area (Å²) in [5.41, 5.74) is 1.29. The Kier molecular flexibility index (Phi) is 7.07. The van der Waals surface area contributed by atoms with Gasteiger partial charge >= 0.3 is 0 Å². The zero-order valence-corrected chi connectivity index (χ0v) is 18.6. The van der Waals surface area contributed by atoms with Crippen LogP contribution >= 0.6 is 11.8 Å². The van der Waals surface area contributed by atoms with Crippen LogP contribution in [0, 0.1) is 12.7 Å². The summed E-state index contributed by atoms with van der Waals surface area (Å²) >= 11 is 1.45. The van der Waals surface area contributed by atoms with E-state index in [0.29, 0.717) is 42.2 Å². The van der Waals surface area contributed by atoms with Crippen LogP contribution in [0.2, 0.25) is 0 Å². The number of nitrogens with zero attached hydrogens (tertiary/aromatic N) is 3. The summed E-state index contributed by atoms with van der Waals surface area (Å²) in [7, 11) is 0. The second-order valence-electron chi connectivity index (χ2n) is 7.73. The van der Waals surface area contributed by atoms with Gasteiger partial charge in [0.15, 0.2) is 0 Å². The average molecular weight is 431 g/mol. The molecule has 1 aromatic carbocycles. The minimum Gasteiger partial charge on any atom is -0.349 e. The molecule has 0 saturated carbocycles. The summed E-state index contributed by atoms with van der Waals surface area (Å²) < 4.78 is 13.8. The number of halogens is 1. The molecule has 2 heterocycles. The van der Waals surface area contributed by atoms with Gasteiger partial charge in [0.25, 0.3) is 11.8 Å². The van der Waals surface area contributed by atoms with Gasteiger partial charge in [-0.3, -0.25) is 9.59 Å². The SMILES string of the molecule is CSc1nc(C(C)C)nc(C)c1C(=O)N1CCC(NC(=O)c2ccccc2F)CC1. The zero-order valence-electron chi connectivity index (χ0n) is 17.7. The van der Waals surface area contributed by atoms with E-state index in [2.05, 4.69) is 15.3 Å². The van der Waals surface area contributed by atoms with Crippen molar-refractivity contribution in [2.24, 2.45) is 0 Å². The fourth-order valence-corrected chi connectivity index (χ4v) is 4.14. The fraction of sp³-hybridized carbons (Fsp3) is 0.455. The average Bonchev–Trinajstić information content (AvgIpc) is 2.73. The Labute approximate surface area is 180 Å². The maximum Gasteiger partial charge on any atom is 0.258 e. The molecule has 1 aliphatic rings. The van der Waals surface area contributed by atoms with Gasteiger partial charge in [-0.05, 0) is 38.2 Å². The number of carbonyl (C=O) groups is 2. The van der Waals surface area contributed by atoms with Crippen LogP contribution in [-0.2, 0) is 0 Å². The highest BCUT2D eigenvalue weighted by Gasteiger charge is 2.28. The molecule has 1 fully saturated rings. The number of nitrogens with one attached hydrogen (secondary N) is 1. The van der Waals surface area contributed by atoms with Crippen LogP contribution in [0.1, 0.15) is 64.8 Å². The van der Waals surface area contributed by atoms with Crippen LogP contribution in [0.15, 0.2) is 29.3 Å². The van der Waals surface area contributed by atoms with Crippen molar-refractivity contribution >= 4 is 23.6 Å². The molecule has 1 aromatic heterocycles. The lowest BCUT2D eigenvalue weighted by atomic mass is 10.0. The van der Waals surface area contributed by atoms with Crippen LogP contribution in [0.5, 0.6) is 0 Å². The van der Waals surface area contributed by atoms with Crippen molar-refractivity contribution in [2.45, 2.75) is 50.6 Å². The molecule has 2 amide bonds. The van der Waals surface area contributed by atoms with Gasteiger partial charge in [-0.15, -0.1) is 11.8 Å². The molecule has 8 heteroatoms. The molecule has 0 radical (unpaired) electrons. The van der Waals surface area contributed by atoms with Gasteiger partial charge in [0.2, 0.25) is 0 Å². The predicted molar refractivity (Wildman–Crippen MR) is 115 cm³/mol. The molecule has 1 aliphatic heterocycles. The van der Waals surface area contributed by atoms with Crippen molar-refractivity contribution in [3.8, 4) is 0 Å². The largest absolute Gasteiger partial charge is 0.349 e. The van der Waals surface area contributed by atoms with Crippen LogP contribution in [-0.4, -0.2) is 52.1 Å². The number of aromatic nitrogens is 2. The van der Waals surface area contributed by atoms with Crippen molar-refractivity contribution in [1.82, 2.24) is 20.2 Å². The highest BCUT2D eigenvalue weighted by atomic mass is 32.2. The molecule has 0 bridgehead atoms. The maximum absolute atomic E-state index is 13.8. The standard InChI is InChI=1S/C22H27FN4O2S/c1-13(2)19-24-14(3)18(21(26-19)30-4)22(29)27-11-9-15(10-12-27)25-20(28)16-7-5-6-8-17(16)23/h5-8,13,15H,9-12H2,1-4H3,(H,25,28). The Morgan fingerprint density at radius 1 is 1.20 bits per heavy atom. The summed E-state index contributed by atoms with van der Waals surface area (Å²) in [6.07, 6.45) is 3.14. The molecule has 1 saturated heterocycles. The minimum atomic E-state index is -0.535. The van der Waals surface area contributed by atoms with Gasteiger partial charge in [-0.1, -0.05) is 26.0 Å². The molecule has 160 valence electrons. The Morgan fingerprint density at radius 2 is 1.87 bits per heavy atom. The Bertz CT molecular complexity index is 943. The number of hydrogen-bond donors (Lipinski definition) is 1. The second-order valence-corrected chi connectivity index (χ2v) is 8.52. The first kappa shape index (κ1) is 22.2. The number of carbonyl (C=O) groups excluding carboxylic acids is 2. The quantitative estimate of drug-likeness (QED) is 0.577. The van der Waals surface area contributed by atoms with Crippen LogP contribution < -0.4 is 5.32 Å². The molecule has 3 rings (SSSR count). The molecule has 0 unspecified atom stereocenters. The number of rotatable bonds is 5. The molecular weight excluding hydrogens is 403 g/mol. The van der Waals surface area contributed by atoms with Crippen molar-refractivity contribution in [1.29, 1.82) is 0 Å². The number of likely N-dealkylation sites (tertiary alicyclic amines) is 1. The number of benzene rings is 1. The summed E-state index contributed by atoms with van der Waals surface area (Å²) in [5.74, 6) is -0.106. The molecule has 2 aromatic rings. The number of thioether (sulfide) groups is 1. The van der Waals surface area contributed by atoms with E-state index in [9.17, 15) is 14.0 Å². The minimum absolute atomic E-state index is 0.0404. The first-order valence-corrected chi connectivity index (χ1v) is 11.3. The van der Waals surface area contributed by atoms with Crippen molar-refractivity contribution in [3.05, 3.63) is 52.7 Å². The molecular formula is C22H27FN4O2S. The first-order chi connectivity index (χ1) is 14.3. The third-order valence-corrected chi connectivity index (χ3v) is 5.92. The summed E-state index contributed by atoms with van der Waals surface area (Å²) in [4.78, 5) is 36.4. The number of aryl methyl sites for hydroxylation is 1. The van der Waals surface area contributed by atoms with Gasteiger partial charge in [-0.25, -0.2) is 14.4 Å². The van der Waals surface area contributed by atoms with Crippen molar-refractivity contribution < 1.29 is 14.0 Å². The second kappa shape index (κ2) is 9.55. The molecule has 1 N–H and O–H groups in total. The maximum atomic E-state index is 13.8. The van der Waals surface area contributed by atoms with Crippen LogP contribution in [0.3, 0.4) is 0 Å². The van der Waals surface area contributed by atoms with E-state index >= 15 is 0 Å². The molecule has 30 heavy (non-hydrogen) atoms. The van der Waals surface area contributed by atoms with Gasteiger partial charge in [0.1, 0.15) is 16.7 Å². The van der Waals surface area contributed by atoms with E-state index in [-0.39, 0.29) is 23.4 Å². The van der Waals surface area contributed by atoms with E-state index in [1.54, 1.807) is 17.0 Å². The molecule has 0 aliphatic carbocycles. The lowest BCUT2D eigenvalue weighted by molar-refractivity contribution is 0.0692. The molecule has 6 nitrogen and oxygen atoms in total. The molecule has 0 atom stereocenters. The molecule has 0 spiro atoms. The highest BCUT2D eigenvalue weighted by molar-refractivity contribution is 7.98. The predicted octanol–water partition coefficient (Wildman–Crippen LogP) is 3.80. The van der Waals surface area contributed by atoms with E-state index in [4.69, 9.17) is 0 Å². The summed E-state index contributed by atoms with van der Waals surface area (Å²) in [5, 5.41) is 3.58. The first-order valence-electron chi connectivity index (χ1n) is 10.1. The number of amides is 2. The topological polar surface area (TPSA) is 75.2 Å². The number of piperidine rings is 1. The summed E-state index contributed by atoms with van der Waals surface area (Å²) in [6, 6.07) is 5.84. The Morgan fingerprint density at radius 3 is 2.47 bits per heavy atom. The fourth-order valence-electron chi connectivity index (χ4n) is 3.51. The van der Waals surface area contributed by atoms with Gasteiger partial charge < -0.3 is 10.2 Å². The highest BCUT2D eigenvalue weighted by Crippen LogP contribution is 2.25. The smallest absolute Gasteiger partial charge is 0.258 e. The van der Waals surface area contributed by atoms with Gasteiger partial charge in [0, 0.05) is 25.0 Å².